The Hall–Kier alpha value is -0.180. The van der Waals surface area contributed by atoms with Crippen LogP contribution in [-0.4, -0.2) is 28.6 Å². The Balaban J connectivity index is 2.97. The van der Waals surface area contributed by atoms with Gasteiger partial charge >= 0.3 is 0 Å². The van der Waals surface area contributed by atoms with E-state index >= 15 is 0 Å². The summed E-state index contributed by atoms with van der Waals surface area (Å²) in [4.78, 5) is 0. The second-order valence-corrected chi connectivity index (χ2v) is 5.07. The molecule has 60 valence electrons. The van der Waals surface area contributed by atoms with Gasteiger partial charge in [-0.3, -0.25) is 5.32 Å². The minimum Gasteiger partial charge on any atom is -0.286 e. The van der Waals surface area contributed by atoms with Crippen molar-refractivity contribution in [2.75, 3.05) is 11.8 Å². The van der Waals surface area contributed by atoms with Gasteiger partial charge in [-0.2, -0.15) is 16.8 Å². The molecule has 0 aromatic carbocycles. The first-order valence-corrected chi connectivity index (χ1v) is 5.44. The van der Waals surface area contributed by atoms with Crippen molar-refractivity contribution in [1.82, 2.24) is 5.32 Å². The third kappa shape index (κ3) is 1.90. The summed E-state index contributed by atoms with van der Waals surface area (Å²) in [5, 5.41) is 2.16. The maximum Gasteiger partial charge on any atom is 0.295 e. The molecule has 0 saturated carbocycles. The molecular weight excluding hydrogens is 182 g/mol. The van der Waals surface area contributed by atoms with Crippen LogP contribution in [0.5, 0.6) is 0 Å². The van der Waals surface area contributed by atoms with Crippen LogP contribution < -0.4 is 5.32 Å². The Morgan fingerprint density at radius 1 is 1.00 bits per heavy atom. The Morgan fingerprint density at radius 3 is 1.60 bits per heavy atom. The summed E-state index contributed by atoms with van der Waals surface area (Å²) >= 11 is 0. The van der Waals surface area contributed by atoms with Crippen LogP contribution in [0.2, 0.25) is 0 Å². The van der Waals surface area contributed by atoms with Gasteiger partial charge in [0.15, 0.2) is 0 Å². The summed E-state index contributed by atoms with van der Waals surface area (Å²) in [6, 6.07) is 0. The van der Waals surface area contributed by atoms with E-state index in [1.807, 2.05) is 0 Å². The van der Waals surface area contributed by atoms with Gasteiger partial charge in [0.2, 0.25) is 0 Å². The molecule has 0 unspecified atom stereocenters. The quantitative estimate of drug-likeness (QED) is 0.480. The Bertz CT molecular complexity index is 280. The molecule has 10 heavy (non-hydrogen) atoms. The lowest BCUT2D eigenvalue weighted by Gasteiger charge is -2.11. The van der Waals surface area contributed by atoms with Crippen molar-refractivity contribution in [1.29, 1.82) is 0 Å². The molecule has 0 aromatic heterocycles. The van der Waals surface area contributed by atoms with Gasteiger partial charge in [0.25, 0.3) is 20.2 Å². The second-order valence-electron chi connectivity index (χ2n) is 1.72. The van der Waals surface area contributed by atoms with Gasteiger partial charge in [-0.15, -0.1) is 3.63 Å². The maximum absolute atomic E-state index is 10.4. The summed E-state index contributed by atoms with van der Waals surface area (Å²) in [6.45, 7) is 0. The minimum absolute atomic E-state index is 0.452. The van der Waals surface area contributed by atoms with E-state index in [0.29, 0.717) is 0 Å². The van der Waals surface area contributed by atoms with E-state index in [0.717, 1.165) is 0 Å². The molecule has 0 radical (unpaired) electrons. The Morgan fingerprint density at radius 2 is 1.40 bits per heavy atom. The molecule has 0 bridgehead atoms. The predicted molar refractivity (Wildman–Crippen MR) is 31.8 cm³/mol. The van der Waals surface area contributed by atoms with E-state index < -0.39 is 32.0 Å². The van der Waals surface area contributed by atoms with Crippen molar-refractivity contribution >= 4 is 20.2 Å². The lowest BCUT2D eigenvalue weighted by atomic mass is 11.2. The molecule has 1 heterocycles. The van der Waals surface area contributed by atoms with Crippen molar-refractivity contribution in [3.63, 3.8) is 0 Å². The first kappa shape index (κ1) is 7.92. The van der Waals surface area contributed by atoms with Gasteiger partial charge in [-0.05, 0) is 0 Å². The molecule has 0 amide bonds. The van der Waals surface area contributed by atoms with Gasteiger partial charge in [0.1, 0.15) is 11.8 Å². The SMILES string of the molecule is O=S1(=O)CNCS(=O)(=O)O1. The molecule has 1 N–H and O–H groups in total. The van der Waals surface area contributed by atoms with E-state index in [-0.39, 0.29) is 0 Å². The fourth-order valence-electron chi connectivity index (χ4n) is 0.498. The van der Waals surface area contributed by atoms with E-state index in [1.54, 1.807) is 0 Å². The molecule has 1 aliphatic heterocycles. The molecule has 0 spiro atoms. The zero-order valence-corrected chi connectivity index (χ0v) is 6.40. The predicted octanol–water partition coefficient (Wildman–Crippen LogP) is -1.82. The maximum atomic E-state index is 10.4. The largest absolute Gasteiger partial charge is 0.295 e. The molecule has 0 aromatic rings. The first-order valence-electron chi connectivity index (χ1n) is 2.28. The second kappa shape index (κ2) is 2.16. The number of rotatable bonds is 0. The zero-order valence-electron chi connectivity index (χ0n) is 4.77. The van der Waals surface area contributed by atoms with Crippen molar-refractivity contribution < 1.29 is 20.5 Å². The summed E-state index contributed by atoms with van der Waals surface area (Å²) in [7, 11) is -7.78. The summed E-state index contributed by atoms with van der Waals surface area (Å²) in [5.41, 5.74) is 0. The van der Waals surface area contributed by atoms with Crippen molar-refractivity contribution in [3.05, 3.63) is 0 Å². The summed E-state index contributed by atoms with van der Waals surface area (Å²) < 4.78 is 45.4. The molecular formula is C2H5NO5S2. The molecule has 6 nitrogen and oxygen atoms in total. The first-order chi connectivity index (χ1) is 4.41. The van der Waals surface area contributed by atoms with Crippen LogP contribution >= 0.6 is 0 Å². The number of hydrogen-bond donors (Lipinski definition) is 1. The molecule has 1 aliphatic rings. The third-order valence-electron chi connectivity index (χ3n) is 0.765. The molecule has 0 atom stereocenters. The highest BCUT2D eigenvalue weighted by molar-refractivity contribution is 8.00. The molecule has 0 aliphatic carbocycles. The van der Waals surface area contributed by atoms with Gasteiger partial charge in [-0.1, -0.05) is 0 Å². The topological polar surface area (TPSA) is 89.5 Å². The van der Waals surface area contributed by atoms with Crippen molar-refractivity contribution in [3.8, 4) is 0 Å². The van der Waals surface area contributed by atoms with E-state index in [4.69, 9.17) is 0 Å². The average molecular weight is 187 g/mol. The fraction of sp³-hybridized carbons (Fsp3) is 1.00. The average Bonchev–Trinajstić information content (AvgIpc) is 1.56. The lowest BCUT2D eigenvalue weighted by Crippen LogP contribution is -2.38. The van der Waals surface area contributed by atoms with Crippen LogP contribution in [0.4, 0.5) is 0 Å². The third-order valence-corrected chi connectivity index (χ3v) is 3.54. The van der Waals surface area contributed by atoms with Crippen LogP contribution in [0, 0.1) is 0 Å². The van der Waals surface area contributed by atoms with Crippen LogP contribution in [0.1, 0.15) is 0 Å². The monoisotopic (exact) mass is 187 g/mol. The number of nitrogens with one attached hydrogen (secondary N) is 1. The van der Waals surface area contributed by atoms with Crippen LogP contribution in [0.3, 0.4) is 0 Å². The molecule has 1 saturated heterocycles. The minimum atomic E-state index is -3.89. The fourth-order valence-corrected chi connectivity index (χ4v) is 2.98. The standard InChI is InChI=1S/C2H5NO5S2/c4-9(5)1-3-2-10(6,7)8-9/h3H,1-2H2. The lowest BCUT2D eigenvalue weighted by molar-refractivity contribution is 0.443. The van der Waals surface area contributed by atoms with Crippen LogP contribution in [0.15, 0.2) is 0 Å². The highest BCUT2D eigenvalue weighted by Gasteiger charge is 2.27. The normalized spacial score (nSPS) is 29.6. The number of hydrogen-bond acceptors (Lipinski definition) is 6. The van der Waals surface area contributed by atoms with Crippen molar-refractivity contribution in [2.45, 2.75) is 0 Å². The highest BCUT2D eigenvalue weighted by atomic mass is 32.3. The molecule has 1 rings (SSSR count). The zero-order chi connectivity index (χ0) is 7.83. The Labute approximate surface area is 58.4 Å². The molecule has 8 heteroatoms. The van der Waals surface area contributed by atoms with E-state index in [1.165, 1.54) is 0 Å². The van der Waals surface area contributed by atoms with Gasteiger partial charge in [0.05, 0.1) is 0 Å². The summed E-state index contributed by atoms with van der Waals surface area (Å²) in [6.07, 6.45) is 0. The van der Waals surface area contributed by atoms with E-state index in [2.05, 4.69) is 8.95 Å². The van der Waals surface area contributed by atoms with E-state index in [9.17, 15) is 16.8 Å². The highest BCUT2D eigenvalue weighted by Crippen LogP contribution is 2.04. The molecule has 1 fully saturated rings. The summed E-state index contributed by atoms with van der Waals surface area (Å²) in [5.74, 6) is -0.904. The smallest absolute Gasteiger partial charge is 0.286 e. The van der Waals surface area contributed by atoms with Crippen molar-refractivity contribution in [2.24, 2.45) is 0 Å². The van der Waals surface area contributed by atoms with Gasteiger partial charge in [-0.25, -0.2) is 0 Å². The van der Waals surface area contributed by atoms with Gasteiger partial charge < -0.3 is 0 Å². The van der Waals surface area contributed by atoms with Crippen LogP contribution in [-0.2, 0) is 23.9 Å². The Kier molecular flexibility index (Phi) is 1.71. The van der Waals surface area contributed by atoms with Crippen LogP contribution in [0.25, 0.3) is 0 Å². The van der Waals surface area contributed by atoms with Gasteiger partial charge in [0, 0.05) is 0 Å².